The average Bonchev–Trinajstić information content (AvgIpc) is 2.97. The molecule has 1 aromatic carbocycles. The maximum atomic E-state index is 13.4. The summed E-state index contributed by atoms with van der Waals surface area (Å²) in [4.78, 5) is 27.4. The van der Waals surface area contributed by atoms with Crippen molar-refractivity contribution in [1.29, 1.82) is 0 Å². The van der Waals surface area contributed by atoms with Crippen LogP contribution in [0.15, 0.2) is 32.5 Å². The van der Waals surface area contributed by atoms with Crippen LogP contribution in [-0.4, -0.2) is 43.7 Å². The van der Waals surface area contributed by atoms with Crippen molar-refractivity contribution in [3.8, 4) is 0 Å². The molecule has 0 unspecified atom stereocenters. The van der Waals surface area contributed by atoms with E-state index in [-0.39, 0.29) is 33.6 Å². The molecule has 1 atom stereocenters. The summed E-state index contributed by atoms with van der Waals surface area (Å²) in [5.74, 6) is -0.302. The zero-order valence-electron chi connectivity index (χ0n) is 17.8. The quantitative estimate of drug-likeness (QED) is 0.638. The van der Waals surface area contributed by atoms with Crippen LogP contribution in [0.2, 0.25) is 0 Å². The molecule has 3 rings (SSSR count). The Kier molecular flexibility index (Phi) is 6.77. The van der Waals surface area contributed by atoms with Crippen molar-refractivity contribution in [1.82, 2.24) is 9.88 Å². The molecule has 11 heteroatoms. The lowest BCUT2D eigenvalue weighted by atomic mass is 10.1. The summed E-state index contributed by atoms with van der Waals surface area (Å²) in [5.41, 5.74) is 6.50. The summed E-state index contributed by atoms with van der Waals surface area (Å²) >= 11 is 1.35. The van der Waals surface area contributed by atoms with Gasteiger partial charge in [0.2, 0.25) is 21.8 Å². The zero-order chi connectivity index (χ0) is 22.9. The third-order valence-electron chi connectivity index (χ3n) is 4.97. The SMILES string of the molecule is Cc1noc(C)c1S(=O)(=O)N[C@H]1CSc2ccc(C(N)=O)cc2N(CCC(C)C)C1=O. The number of nitrogens with one attached hydrogen (secondary N) is 1. The van der Waals surface area contributed by atoms with E-state index in [1.807, 2.05) is 13.8 Å². The number of carbonyl (C=O) groups excluding carboxylic acids is 2. The number of benzene rings is 1. The van der Waals surface area contributed by atoms with Crippen LogP contribution in [0.25, 0.3) is 0 Å². The Hall–Kier alpha value is -2.37. The van der Waals surface area contributed by atoms with Gasteiger partial charge in [-0.15, -0.1) is 11.8 Å². The second-order valence-corrected chi connectivity index (χ2v) is 10.6. The molecule has 1 aromatic heterocycles. The maximum Gasteiger partial charge on any atom is 0.248 e. The van der Waals surface area contributed by atoms with Crippen molar-refractivity contribution in [2.75, 3.05) is 17.2 Å². The van der Waals surface area contributed by atoms with Crippen LogP contribution in [0.5, 0.6) is 0 Å². The van der Waals surface area contributed by atoms with Gasteiger partial charge in [0.15, 0.2) is 5.76 Å². The van der Waals surface area contributed by atoms with E-state index in [0.717, 1.165) is 4.90 Å². The number of fused-ring (bicyclic) bond motifs is 1. The Morgan fingerprint density at radius 1 is 1.39 bits per heavy atom. The normalized spacial score (nSPS) is 17.0. The number of aromatic nitrogens is 1. The van der Waals surface area contributed by atoms with Crippen LogP contribution in [-0.2, 0) is 14.8 Å². The molecule has 0 fully saturated rings. The van der Waals surface area contributed by atoms with Gasteiger partial charge in [0.1, 0.15) is 16.6 Å². The van der Waals surface area contributed by atoms with E-state index in [4.69, 9.17) is 10.3 Å². The maximum absolute atomic E-state index is 13.4. The molecular weight excluding hydrogens is 440 g/mol. The summed E-state index contributed by atoms with van der Waals surface area (Å²) in [5, 5.41) is 3.70. The first kappa shape index (κ1) is 23.3. The largest absolute Gasteiger partial charge is 0.366 e. The molecule has 2 heterocycles. The summed E-state index contributed by atoms with van der Waals surface area (Å²) in [7, 11) is -4.03. The number of primary amides is 1. The van der Waals surface area contributed by atoms with E-state index < -0.39 is 22.0 Å². The third kappa shape index (κ3) is 4.94. The summed E-state index contributed by atoms with van der Waals surface area (Å²) in [6.45, 7) is 7.50. The van der Waals surface area contributed by atoms with Crippen molar-refractivity contribution < 1.29 is 22.5 Å². The Morgan fingerprint density at radius 3 is 2.68 bits per heavy atom. The molecule has 0 aliphatic carbocycles. The van der Waals surface area contributed by atoms with Crippen molar-refractivity contribution in [2.24, 2.45) is 11.7 Å². The van der Waals surface area contributed by atoms with Gasteiger partial charge in [0.25, 0.3) is 0 Å². The number of amides is 2. The van der Waals surface area contributed by atoms with Crippen molar-refractivity contribution in [3.05, 3.63) is 35.2 Å². The van der Waals surface area contributed by atoms with Gasteiger partial charge in [-0.25, -0.2) is 8.42 Å². The molecule has 9 nitrogen and oxygen atoms in total. The number of rotatable bonds is 7. The number of carbonyl (C=O) groups is 2. The fraction of sp³-hybridized carbons (Fsp3) is 0.450. The van der Waals surface area contributed by atoms with E-state index in [2.05, 4.69) is 9.88 Å². The van der Waals surface area contributed by atoms with Crippen LogP contribution in [0.4, 0.5) is 5.69 Å². The number of nitrogens with two attached hydrogens (primary N) is 1. The standard InChI is InChI=1S/C20H26N4O5S2/c1-11(2)7-8-24-16-9-14(19(21)25)5-6-17(16)30-10-15(20(24)26)23-31(27,28)18-12(3)22-29-13(18)4/h5-6,9,11,15,23H,7-8,10H2,1-4H3,(H2,21,25)/t15-/m0/s1. The minimum Gasteiger partial charge on any atom is -0.366 e. The highest BCUT2D eigenvalue weighted by Gasteiger charge is 2.36. The summed E-state index contributed by atoms with van der Waals surface area (Å²) in [6, 6.07) is 3.93. The molecule has 1 aliphatic heterocycles. The second kappa shape index (κ2) is 9.01. The molecule has 31 heavy (non-hydrogen) atoms. The number of hydrogen-bond donors (Lipinski definition) is 2. The molecule has 0 bridgehead atoms. The van der Waals surface area contributed by atoms with Gasteiger partial charge in [-0.2, -0.15) is 4.72 Å². The van der Waals surface area contributed by atoms with Crippen molar-refractivity contribution >= 4 is 39.3 Å². The second-order valence-electron chi connectivity index (χ2n) is 7.86. The topological polar surface area (TPSA) is 136 Å². The average molecular weight is 467 g/mol. The van der Waals surface area contributed by atoms with Crippen molar-refractivity contribution in [3.63, 3.8) is 0 Å². The number of aryl methyl sites for hydroxylation is 2. The van der Waals surface area contributed by atoms with Crippen LogP contribution >= 0.6 is 11.8 Å². The Balaban J connectivity index is 1.98. The fourth-order valence-corrected chi connectivity index (χ4v) is 6.04. The Morgan fingerprint density at radius 2 is 2.10 bits per heavy atom. The zero-order valence-corrected chi connectivity index (χ0v) is 19.5. The number of hydrogen-bond acceptors (Lipinski definition) is 7. The van der Waals surface area contributed by atoms with E-state index >= 15 is 0 Å². The summed E-state index contributed by atoms with van der Waals surface area (Å²) in [6.07, 6.45) is 0.708. The molecule has 0 spiro atoms. The Bertz CT molecular complexity index is 1090. The fourth-order valence-electron chi connectivity index (χ4n) is 3.36. The van der Waals surface area contributed by atoms with Crippen molar-refractivity contribution in [2.45, 2.75) is 49.9 Å². The van der Waals surface area contributed by atoms with Gasteiger partial charge < -0.3 is 15.2 Å². The molecule has 168 valence electrons. The molecular formula is C20H26N4O5S2. The third-order valence-corrected chi connectivity index (χ3v) is 7.84. The predicted octanol–water partition coefficient (Wildman–Crippen LogP) is 2.22. The van der Waals surface area contributed by atoms with Crippen LogP contribution in [0.3, 0.4) is 0 Å². The molecule has 0 saturated heterocycles. The first-order valence-corrected chi connectivity index (χ1v) is 12.3. The predicted molar refractivity (Wildman–Crippen MR) is 118 cm³/mol. The molecule has 2 amide bonds. The number of sulfonamides is 1. The first-order valence-electron chi connectivity index (χ1n) is 9.84. The molecule has 2 aromatic rings. The Labute approximate surface area is 185 Å². The highest BCUT2D eigenvalue weighted by Crippen LogP contribution is 2.36. The van der Waals surface area contributed by atoms with Crippen LogP contribution in [0.1, 0.15) is 42.1 Å². The lowest BCUT2D eigenvalue weighted by Crippen LogP contribution is -2.49. The lowest BCUT2D eigenvalue weighted by Gasteiger charge is -2.26. The van der Waals surface area contributed by atoms with Gasteiger partial charge in [-0.3, -0.25) is 9.59 Å². The smallest absolute Gasteiger partial charge is 0.248 e. The molecule has 3 N–H and O–H groups in total. The molecule has 0 radical (unpaired) electrons. The lowest BCUT2D eigenvalue weighted by molar-refractivity contribution is -0.119. The summed E-state index contributed by atoms with van der Waals surface area (Å²) < 4.78 is 33.5. The highest BCUT2D eigenvalue weighted by atomic mass is 32.2. The van der Waals surface area contributed by atoms with Crippen LogP contribution < -0.4 is 15.4 Å². The molecule has 0 saturated carbocycles. The number of anilines is 1. The van der Waals surface area contributed by atoms with Gasteiger partial charge in [-0.05, 0) is 44.4 Å². The van der Waals surface area contributed by atoms with Gasteiger partial charge >= 0.3 is 0 Å². The minimum atomic E-state index is -4.03. The highest BCUT2D eigenvalue weighted by molar-refractivity contribution is 7.99. The van der Waals surface area contributed by atoms with E-state index in [1.165, 1.54) is 25.6 Å². The van der Waals surface area contributed by atoms with E-state index in [9.17, 15) is 18.0 Å². The van der Waals surface area contributed by atoms with Gasteiger partial charge in [0.05, 0.1) is 5.69 Å². The monoisotopic (exact) mass is 466 g/mol. The van der Waals surface area contributed by atoms with Crippen LogP contribution in [0, 0.1) is 19.8 Å². The van der Waals surface area contributed by atoms with Gasteiger partial charge in [0, 0.05) is 22.8 Å². The molecule has 1 aliphatic rings. The minimum absolute atomic E-state index is 0.0585. The van der Waals surface area contributed by atoms with Gasteiger partial charge in [-0.1, -0.05) is 19.0 Å². The van der Waals surface area contributed by atoms with E-state index in [0.29, 0.717) is 24.6 Å². The number of thioether (sulfide) groups is 1. The number of nitrogens with zero attached hydrogens (tertiary/aromatic N) is 2. The first-order chi connectivity index (χ1) is 14.5. The van der Waals surface area contributed by atoms with E-state index in [1.54, 1.807) is 23.1 Å².